The van der Waals surface area contributed by atoms with Crippen LogP contribution < -0.4 is 4.72 Å². The van der Waals surface area contributed by atoms with Gasteiger partial charge >= 0.3 is 0 Å². The summed E-state index contributed by atoms with van der Waals surface area (Å²) in [5, 5.41) is 0.327. The third kappa shape index (κ3) is 4.34. The molecule has 1 N–H and O–H groups in total. The highest BCUT2D eigenvalue weighted by atomic mass is 35.5. The van der Waals surface area contributed by atoms with Crippen molar-refractivity contribution in [1.29, 1.82) is 0 Å². The van der Waals surface area contributed by atoms with Gasteiger partial charge in [0.1, 0.15) is 0 Å². The first-order valence-corrected chi connectivity index (χ1v) is 11.4. The van der Waals surface area contributed by atoms with Crippen molar-refractivity contribution in [2.45, 2.75) is 11.6 Å². The predicted molar refractivity (Wildman–Crippen MR) is 116 cm³/mol. The van der Waals surface area contributed by atoms with Gasteiger partial charge in [-0.15, -0.1) is 0 Å². The van der Waals surface area contributed by atoms with Gasteiger partial charge in [0.05, 0.1) is 27.8 Å². The Hall–Kier alpha value is -1.91. The maximum absolute atomic E-state index is 12.8. The van der Waals surface area contributed by atoms with Crippen molar-refractivity contribution in [3.63, 3.8) is 0 Å². The molecule has 0 amide bonds. The second-order valence-electron chi connectivity index (χ2n) is 7.07. The van der Waals surface area contributed by atoms with Gasteiger partial charge in [-0.2, -0.15) is 0 Å². The lowest BCUT2D eigenvalue weighted by atomic mass is 10.3. The van der Waals surface area contributed by atoms with Crippen LogP contribution in [-0.2, 0) is 16.7 Å². The zero-order valence-corrected chi connectivity index (χ0v) is 18.2. The van der Waals surface area contributed by atoms with Crippen molar-refractivity contribution in [2.75, 3.05) is 37.9 Å². The predicted octanol–water partition coefficient (Wildman–Crippen LogP) is 3.62. The lowest BCUT2D eigenvalue weighted by Crippen LogP contribution is -2.44. The van der Waals surface area contributed by atoms with Crippen molar-refractivity contribution in [3.05, 3.63) is 52.3 Å². The van der Waals surface area contributed by atoms with E-state index < -0.39 is 10.0 Å². The highest BCUT2D eigenvalue weighted by Crippen LogP contribution is 2.26. The van der Waals surface area contributed by atoms with Gasteiger partial charge in [0, 0.05) is 32.2 Å². The summed E-state index contributed by atoms with van der Waals surface area (Å²) in [5.74, 6) is 0. The number of halogens is 1. The van der Waals surface area contributed by atoms with Crippen LogP contribution in [0.4, 0.5) is 5.69 Å². The Kier molecular flexibility index (Phi) is 5.67. The molecule has 3 aromatic rings. The molecular formula is C19H21ClN4O3S2. The number of rotatable bonds is 5. The number of sulfonamides is 1. The standard InChI is InChI=1S/C19H21ClN4O3S2/c1-22-8-10-23(11-9-22)13-24-17-7-6-14(12-18(17)27-19(24)28)29(25,26)21-16-5-3-2-4-15(16)20/h2-7,12,21H,8-11,13H2,1H3. The molecule has 0 atom stereocenters. The van der Waals surface area contributed by atoms with Crippen LogP contribution >= 0.6 is 23.8 Å². The number of benzene rings is 2. The summed E-state index contributed by atoms with van der Waals surface area (Å²) < 4.78 is 35.7. The second kappa shape index (κ2) is 8.08. The minimum absolute atomic E-state index is 0.0837. The van der Waals surface area contributed by atoms with E-state index in [4.69, 9.17) is 28.2 Å². The number of nitrogens with one attached hydrogen (secondary N) is 1. The van der Waals surface area contributed by atoms with Crippen LogP contribution in [0.2, 0.25) is 5.02 Å². The summed E-state index contributed by atoms with van der Waals surface area (Å²) in [5.41, 5.74) is 1.53. The lowest BCUT2D eigenvalue weighted by Gasteiger charge is -2.32. The highest BCUT2D eigenvalue weighted by molar-refractivity contribution is 7.92. The number of piperazine rings is 1. The van der Waals surface area contributed by atoms with Crippen molar-refractivity contribution in [1.82, 2.24) is 14.4 Å². The van der Waals surface area contributed by atoms with E-state index in [9.17, 15) is 8.42 Å². The quantitative estimate of drug-likeness (QED) is 0.596. The van der Waals surface area contributed by atoms with Gasteiger partial charge in [-0.3, -0.25) is 14.2 Å². The molecule has 0 saturated carbocycles. The molecule has 29 heavy (non-hydrogen) atoms. The Morgan fingerprint density at radius 2 is 1.86 bits per heavy atom. The smallest absolute Gasteiger partial charge is 0.270 e. The van der Waals surface area contributed by atoms with E-state index in [1.165, 1.54) is 6.07 Å². The minimum atomic E-state index is -3.82. The van der Waals surface area contributed by atoms with Crippen LogP contribution in [0.25, 0.3) is 11.1 Å². The molecule has 10 heteroatoms. The molecule has 1 aliphatic rings. The SMILES string of the molecule is CN1CCN(Cn2c(=S)oc3cc(S(=O)(=O)Nc4ccccc4Cl)ccc32)CC1. The molecule has 0 unspecified atom stereocenters. The Labute approximate surface area is 179 Å². The van der Waals surface area contributed by atoms with E-state index in [0.29, 0.717) is 27.8 Å². The molecule has 1 saturated heterocycles. The normalized spacial score (nSPS) is 16.3. The summed E-state index contributed by atoms with van der Waals surface area (Å²) >= 11 is 11.4. The topological polar surface area (TPSA) is 70.7 Å². The molecule has 154 valence electrons. The van der Waals surface area contributed by atoms with Gasteiger partial charge in [-0.25, -0.2) is 8.42 Å². The van der Waals surface area contributed by atoms with E-state index in [2.05, 4.69) is 21.6 Å². The third-order valence-electron chi connectivity index (χ3n) is 5.01. The number of hydrogen-bond donors (Lipinski definition) is 1. The Balaban J connectivity index is 1.62. The van der Waals surface area contributed by atoms with Crippen LogP contribution in [0, 0.1) is 4.84 Å². The Morgan fingerprint density at radius 1 is 1.14 bits per heavy atom. The molecular weight excluding hydrogens is 432 g/mol. The van der Waals surface area contributed by atoms with Crippen LogP contribution in [0.5, 0.6) is 0 Å². The fourth-order valence-electron chi connectivity index (χ4n) is 3.28. The molecule has 1 aromatic heterocycles. The average Bonchev–Trinajstić information content (AvgIpc) is 3.00. The maximum atomic E-state index is 12.8. The van der Waals surface area contributed by atoms with E-state index in [1.807, 2.05) is 4.57 Å². The first kappa shape index (κ1) is 20.4. The molecule has 0 spiro atoms. The summed E-state index contributed by atoms with van der Waals surface area (Å²) in [6, 6.07) is 11.4. The largest absolute Gasteiger partial charge is 0.429 e. The van der Waals surface area contributed by atoms with Crippen LogP contribution in [-0.4, -0.2) is 56.0 Å². The number of fused-ring (bicyclic) bond motifs is 1. The van der Waals surface area contributed by atoms with E-state index in [-0.39, 0.29) is 4.90 Å². The van der Waals surface area contributed by atoms with Gasteiger partial charge in [-0.05, 0) is 43.5 Å². The summed E-state index contributed by atoms with van der Waals surface area (Å²) in [4.78, 5) is 4.99. The van der Waals surface area contributed by atoms with Crippen molar-refractivity contribution in [3.8, 4) is 0 Å². The molecule has 4 rings (SSSR count). The number of anilines is 1. The number of oxazole rings is 1. The molecule has 0 bridgehead atoms. The van der Waals surface area contributed by atoms with Gasteiger partial charge in [0.15, 0.2) is 5.58 Å². The van der Waals surface area contributed by atoms with Crippen molar-refractivity contribution in [2.24, 2.45) is 0 Å². The highest BCUT2D eigenvalue weighted by Gasteiger charge is 2.20. The maximum Gasteiger partial charge on any atom is 0.270 e. The number of aromatic nitrogens is 1. The summed E-state index contributed by atoms with van der Waals surface area (Å²) in [7, 11) is -1.71. The number of likely N-dealkylation sites (N-methyl/N-ethyl adjacent to an activating group) is 1. The van der Waals surface area contributed by atoms with E-state index in [0.717, 1.165) is 31.7 Å². The number of para-hydroxylation sites is 1. The Bertz CT molecular complexity index is 1200. The zero-order valence-electron chi connectivity index (χ0n) is 15.8. The van der Waals surface area contributed by atoms with Gasteiger partial charge < -0.3 is 9.32 Å². The van der Waals surface area contributed by atoms with E-state index in [1.54, 1.807) is 36.4 Å². The number of hydrogen-bond acceptors (Lipinski definition) is 6. The monoisotopic (exact) mass is 452 g/mol. The first-order chi connectivity index (χ1) is 13.8. The summed E-state index contributed by atoms with van der Waals surface area (Å²) in [6.07, 6.45) is 0. The fraction of sp³-hybridized carbons (Fsp3) is 0.316. The fourth-order valence-corrected chi connectivity index (χ4v) is 4.86. The van der Waals surface area contributed by atoms with Crippen LogP contribution in [0.3, 0.4) is 0 Å². The average molecular weight is 453 g/mol. The van der Waals surface area contributed by atoms with Gasteiger partial charge in [-0.1, -0.05) is 23.7 Å². The lowest BCUT2D eigenvalue weighted by molar-refractivity contribution is 0.124. The second-order valence-corrected chi connectivity index (χ2v) is 9.51. The van der Waals surface area contributed by atoms with Crippen molar-refractivity contribution < 1.29 is 12.8 Å². The third-order valence-corrected chi connectivity index (χ3v) is 7.00. The first-order valence-electron chi connectivity index (χ1n) is 9.15. The van der Waals surface area contributed by atoms with E-state index >= 15 is 0 Å². The zero-order chi connectivity index (χ0) is 20.6. The number of nitrogens with zero attached hydrogens (tertiary/aromatic N) is 3. The Morgan fingerprint density at radius 3 is 2.59 bits per heavy atom. The molecule has 0 radical (unpaired) electrons. The minimum Gasteiger partial charge on any atom is -0.429 e. The van der Waals surface area contributed by atoms with Gasteiger partial charge in [0.25, 0.3) is 14.9 Å². The molecule has 7 nitrogen and oxygen atoms in total. The van der Waals surface area contributed by atoms with Gasteiger partial charge in [0.2, 0.25) is 0 Å². The molecule has 2 heterocycles. The molecule has 0 aliphatic carbocycles. The molecule has 1 fully saturated rings. The molecule has 2 aromatic carbocycles. The van der Waals surface area contributed by atoms with Crippen molar-refractivity contribution >= 4 is 50.6 Å². The van der Waals surface area contributed by atoms with Crippen LogP contribution in [0.1, 0.15) is 0 Å². The van der Waals surface area contributed by atoms with Crippen LogP contribution in [0.15, 0.2) is 51.8 Å². The molecule has 1 aliphatic heterocycles. The summed E-state index contributed by atoms with van der Waals surface area (Å²) in [6.45, 7) is 4.50.